The number of thiocarbonyl (C=S) groups is 1. The minimum Gasteiger partial charge on any atom is -0.388 e. The average molecular weight is 278 g/mol. The Morgan fingerprint density at radius 2 is 2.39 bits per heavy atom. The molecule has 0 saturated carbocycles. The van der Waals surface area contributed by atoms with Gasteiger partial charge in [-0.05, 0) is 19.1 Å². The molecular formula is C12H14N4S2. The first kappa shape index (κ1) is 12.9. The van der Waals surface area contributed by atoms with Crippen molar-refractivity contribution in [1.29, 1.82) is 0 Å². The molecule has 0 atom stereocenters. The highest BCUT2D eigenvalue weighted by atomic mass is 32.1. The Balaban J connectivity index is 1.90. The Hall–Kier alpha value is -1.53. The van der Waals surface area contributed by atoms with Gasteiger partial charge in [0.05, 0.1) is 16.4 Å². The summed E-state index contributed by atoms with van der Waals surface area (Å²) in [6, 6.07) is 3.75. The molecule has 0 unspecified atom stereocenters. The van der Waals surface area contributed by atoms with Crippen LogP contribution >= 0.6 is 23.6 Å². The summed E-state index contributed by atoms with van der Waals surface area (Å²) in [5.41, 5.74) is 8.27. The number of nitrogens with two attached hydrogens (primary N) is 1. The molecule has 0 radical (unpaired) electrons. The second-order valence-corrected chi connectivity index (χ2v) is 5.33. The van der Waals surface area contributed by atoms with Gasteiger partial charge in [0.2, 0.25) is 0 Å². The summed E-state index contributed by atoms with van der Waals surface area (Å²) in [5, 5.41) is 6.50. The summed E-state index contributed by atoms with van der Waals surface area (Å²) in [6.07, 6.45) is 2.60. The van der Waals surface area contributed by atoms with E-state index in [2.05, 4.69) is 20.7 Å². The molecule has 94 valence electrons. The van der Waals surface area contributed by atoms with E-state index in [-0.39, 0.29) is 0 Å². The first-order valence-electron chi connectivity index (χ1n) is 5.56. The van der Waals surface area contributed by atoms with Gasteiger partial charge in [-0.2, -0.15) is 0 Å². The fourth-order valence-electron chi connectivity index (χ4n) is 1.53. The highest BCUT2D eigenvalue weighted by Crippen LogP contribution is 2.10. The standard InChI is InChI=1S/C12H14N4S2/c1-8-16-10(7-18-8)3-4-14-9-2-5-15-11(6-9)12(13)17/h2,5-7H,3-4H2,1H3,(H2,13,17)(H,14,15). The maximum absolute atomic E-state index is 5.54. The quantitative estimate of drug-likeness (QED) is 0.820. The first-order chi connectivity index (χ1) is 8.65. The maximum Gasteiger partial charge on any atom is 0.122 e. The van der Waals surface area contributed by atoms with E-state index in [0.717, 1.165) is 29.4 Å². The van der Waals surface area contributed by atoms with Crippen molar-refractivity contribution < 1.29 is 0 Å². The number of aryl methyl sites for hydroxylation is 1. The first-order valence-corrected chi connectivity index (χ1v) is 6.84. The van der Waals surface area contributed by atoms with E-state index in [1.165, 1.54) is 0 Å². The van der Waals surface area contributed by atoms with Gasteiger partial charge in [0, 0.05) is 30.2 Å². The lowest BCUT2D eigenvalue weighted by Gasteiger charge is -2.06. The number of nitrogens with one attached hydrogen (secondary N) is 1. The third kappa shape index (κ3) is 3.48. The van der Waals surface area contributed by atoms with Crippen LogP contribution in [0.5, 0.6) is 0 Å². The fraction of sp³-hybridized carbons (Fsp3) is 0.250. The zero-order valence-electron chi connectivity index (χ0n) is 10.0. The van der Waals surface area contributed by atoms with Crippen LogP contribution in [0.3, 0.4) is 0 Å². The highest BCUT2D eigenvalue weighted by molar-refractivity contribution is 7.80. The van der Waals surface area contributed by atoms with Crippen molar-refractivity contribution in [1.82, 2.24) is 9.97 Å². The van der Waals surface area contributed by atoms with Crippen LogP contribution in [-0.2, 0) is 6.42 Å². The minimum atomic E-state index is 0.314. The van der Waals surface area contributed by atoms with E-state index in [1.807, 2.05) is 19.1 Å². The second kappa shape index (κ2) is 5.88. The number of pyridine rings is 1. The molecule has 0 amide bonds. The Morgan fingerprint density at radius 3 is 3.06 bits per heavy atom. The van der Waals surface area contributed by atoms with Crippen LogP contribution in [-0.4, -0.2) is 21.5 Å². The molecule has 0 saturated heterocycles. The summed E-state index contributed by atoms with van der Waals surface area (Å²) in [7, 11) is 0. The maximum atomic E-state index is 5.54. The Bertz CT molecular complexity index is 551. The summed E-state index contributed by atoms with van der Waals surface area (Å²) in [5.74, 6) is 0. The van der Waals surface area contributed by atoms with Gasteiger partial charge in [-0.1, -0.05) is 12.2 Å². The number of aromatic nitrogens is 2. The molecule has 0 bridgehead atoms. The van der Waals surface area contributed by atoms with E-state index in [0.29, 0.717) is 10.7 Å². The fourth-order valence-corrected chi connectivity index (χ4v) is 2.29. The molecule has 0 aliphatic carbocycles. The van der Waals surface area contributed by atoms with E-state index in [4.69, 9.17) is 18.0 Å². The van der Waals surface area contributed by atoms with E-state index in [1.54, 1.807) is 17.5 Å². The smallest absolute Gasteiger partial charge is 0.122 e. The van der Waals surface area contributed by atoms with Gasteiger partial charge < -0.3 is 11.1 Å². The minimum absolute atomic E-state index is 0.314. The molecule has 0 aromatic carbocycles. The lowest BCUT2D eigenvalue weighted by molar-refractivity contribution is 0.967. The number of thiazole rings is 1. The van der Waals surface area contributed by atoms with Crippen LogP contribution in [0.1, 0.15) is 16.4 Å². The summed E-state index contributed by atoms with van der Waals surface area (Å²) < 4.78 is 0. The van der Waals surface area contributed by atoms with E-state index >= 15 is 0 Å². The largest absolute Gasteiger partial charge is 0.388 e. The van der Waals surface area contributed by atoms with Crippen molar-refractivity contribution in [2.45, 2.75) is 13.3 Å². The molecule has 2 aromatic rings. The van der Waals surface area contributed by atoms with Gasteiger partial charge in [-0.15, -0.1) is 11.3 Å². The third-order valence-corrected chi connectivity index (χ3v) is 3.42. The van der Waals surface area contributed by atoms with E-state index < -0.39 is 0 Å². The van der Waals surface area contributed by atoms with E-state index in [9.17, 15) is 0 Å². The van der Waals surface area contributed by atoms with Crippen molar-refractivity contribution in [2.75, 3.05) is 11.9 Å². The summed E-state index contributed by atoms with van der Waals surface area (Å²) >= 11 is 6.57. The predicted molar refractivity (Wildman–Crippen MR) is 79.2 cm³/mol. The van der Waals surface area contributed by atoms with Crippen LogP contribution in [0.2, 0.25) is 0 Å². The molecule has 0 spiro atoms. The molecule has 2 rings (SSSR count). The average Bonchev–Trinajstić information content (AvgIpc) is 2.75. The molecule has 6 heteroatoms. The van der Waals surface area contributed by atoms with Crippen LogP contribution in [0.4, 0.5) is 5.69 Å². The molecule has 4 nitrogen and oxygen atoms in total. The number of anilines is 1. The summed E-state index contributed by atoms with van der Waals surface area (Å²) in [6.45, 7) is 2.84. The Labute approximate surface area is 115 Å². The second-order valence-electron chi connectivity index (χ2n) is 3.83. The molecule has 0 aliphatic rings. The Kier molecular flexibility index (Phi) is 4.22. The van der Waals surface area contributed by atoms with Gasteiger partial charge in [0.15, 0.2) is 0 Å². The lowest BCUT2D eigenvalue weighted by Crippen LogP contribution is -2.12. The van der Waals surface area contributed by atoms with Crippen molar-refractivity contribution in [3.8, 4) is 0 Å². The number of rotatable bonds is 5. The zero-order chi connectivity index (χ0) is 13.0. The topological polar surface area (TPSA) is 63.8 Å². The van der Waals surface area contributed by atoms with Crippen LogP contribution < -0.4 is 11.1 Å². The molecule has 3 N–H and O–H groups in total. The monoisotopic (exact) mass is 278 g/mol. The SMILES string of the molecule is Cc1nc(CCNc2ccnc(C(N)=S)c2)cs1. The third-order valence-electron chi connectivity index (χ3n) is 2.39. The lowest BCUT2D eigenvalue weighted by atomic mass is 10.3. The number of nitrogens with zero attached hydrogens (tertiary/aromatic N) is 2. The van der Waals surface area contributed by atoms with Gasteiger partial charge in [0.1, 0.15) is 4.99 Å². The van der Waals surface area contributed by atoms with Gasteiger partial charge in [-0.3, -0.25) is 4.98 Å². The van der Waals surface area contributed by atoms with Gasteiger partial charge in [0.25, 0.3) is 0 Å². The van der Waals surface area contributed by atoms with Crippen molar-refractivity contribution in [3.63, 3.8) is 0 Å². The zero-order valence-corrected chi connectivity index (χ0v) is 11.6. The van der Waals surface area contributed by atoms with Crippen LogP contribution in [0.15, 0.2) is 23.7 Å². The highest BCUT2D eigenvalue weighted by Gasteiger charge is 2.01. The van der Waals surface area contributed by atoms with Gasteiger partial charge in [-0.25, -0.2) is 4.98 Å². The molecule has 0 fully saturated rings. The molecule has 0 aliphatic heterocycles. The van der Waals surface area contributed by atoms with Crippen LogP contribution in [0, 0.1) is 6.92 Å². The van der Waals surface area contributed by atoms with Crippen LogP contribution in [0.25, 0.3) is 0 Å². The number of hydrogen-bond acceptors (Lipinski definition) is 5. The summed E-state index contributed by atoms with van der Waals surface area (Å²) in [4.78, 5) is 8.82. The normalized spacial score (nSPS) is 10.3. The molecule has 2 heterocycles. The van der Waals surface area contributed by atoms with Gasteiger partial charge >= 0.3 is 0 Å². The molecule has 2 aromatic heterocycles. The molecule has 18 heavy (non-hydrogen) atoms. The Morgan fingerprint density at radius 1 is 1.56 bits per heavy atom. The van der Waals surface area contributed by atoms with Crippen molar-refractivity contribution >= 4 is 34.2 Å². The predicted octanol–water partition coefficient (Wildman–Crippen LogP) is 2.14. The van der Waals surface area contributed by atoms with Crippen molar-refractivity contribution in [3.05, 3.63) is 40.1 Å². The number of hydrogen-bond donors (Lipinski definition) is 2. The van der Waals surface area contributed by atoms with Crippen molar-refractivity contribution in [2.24, 2.45) is 5.73 Å². The molecular weight excluding hydrogens is 264 g/mol.